The monoisotopic (exact) mass is 347 g/mol. The molecule has 2 rings (SSSR count). The maximum Gasteiger partial charge on any atom is 0.251 e. The summed E-state index contributed by atoms with van der Waals surface area (Å²) in [5.74, 6) is 0.325. The molecule has 0 aliphatic heterocycles. The Kier molecular flexibility index (Phi) is 6.74. The Bertz CT molecular complexity index is 671. The second kappa shape index (κ2) is 9.02. The van der Waals surface area contributed by atoms with Crippen LogP contribution in [0.4, 0.5) is 0 Å². The van der Waals surface area contributed by atoms with Gasteiger partial charge < -0.3 is 15.4 Å². The van der Waals surface area contributed by atoms with Gasteiger partial charge in [0.2, 0.25) is 5.91 Å². The molecule has 0 aliphatic rings. The first kappa shape index (κ1) is 17.9. The van der Waals surface area contributed by atoms with Crippen LogP contribution in [0.15, 0.2) is 35.2 Å². The molecule has 2 amide bonds. The molecule has 0 aliphatic carbocycles. The lowest BCUT2D eigenvalue weighted by atomic mass is 10.2. The Morgan fingerprint density at radius 3 is 2.75 bits per heavy atom. The van der Waals surface area contributed by atoms with Crippen LogP contribution < -0.4 is 15.4 Å². The number of thiazole rings is 1. The van der Waals surface area contributed by atoms with E-state index in [1.54, 1.807) is 29.8 Å². The molecule has 128 valence electrons. The average Bonchev–Trinajstić information content (AvgIpc) is 3.10. The minimum absolute atomic E-state index is 0.0262. The summed E-state index contributed by atoms with van der Waals surface area (Å²) in [6, 6.07) is 6.98. The van der Waals surface area contributed by atoms with Crippen LogP contribution in [0.5, 0.6) is 5.75 Å². The van der Waals surface area contributed by atoms with Gasteiger partial charge in [-0.15, -0.1) is 11.3 Å². The summed E-state index contributed by atoms with van der Waals surface area (Å²) in [6.07, 6.45) is 0. The normalized spacial score (nSPS) is 10.5. The highest BCUT2D eigenvalue weighted by Crippen LogP contribution is 2.15. The number of aromatic nitrogens is 1. The van der Waals surface area contributed by atoms with E-state index in [0.29, 0.717) is 31.0 Å². The van der Waals surface area contributed by atoms with Crippen LogP contribution in [0, 0.1) is 5.92 Å². The number of carbonyl (C=O) groups excluding carboxylic acids is 2. The molecule has 2 aromatic rings. The Hall–Kier alpha value is -2.41. The Morgan fingerprint density at radius 2 is 2.04 bits per heavy atom. The molecule has 0 saturated carbocycles. The standard InChI is InChI=1S/C17H21N3O3S/c1-12(2)16(21)18-6-7-19-17(22)13-4-3-5-15(8-13)23-9-14-10-24-11-20-14/h3-5,8,10-12H,6-7,9H2,1-2H3,(H,18,21)(H,19,22). The van der Waals surface area contributed by atoms with Crippen molar-refractivity contribution in [3.05, 3.63) is 46.4 Å². The van der Waals surface area contributed by atoms with Crippen LogP contribution in [-0.4, -0.2) is 29.9 Å². The summed E-state index contributed by atoms with van der Waals surface area (Å²) in [4.78, 5) is 27.7. The largest absolute Gasteiger partial charge is 0.487 e. The molecule has 2 N–H and O–H groups in total. The summed E-state index contributed by atoms with van der Waals surface area (Å²) < 4.78 is 5.63. The van der Waals surface area contributed by atoms with Crippen molar-refractivity contribution in [2.75, 3.05) is 13.1 Å². The molecule has 0 fully saturated rings. The maximum absolute atomic E-state index is 12.1. The predicted octanol–water partition coefficient (Wildman–Crippen LogP) is 2.22. The first-order chi connectivity index (χ1) is 11.6. The van der Waals surface area contributed by atoms with Gasteiger partial charge in [0.05, 0.1) is 11.2 Å². The van der Waals surface area contributed by atoms with Gasteiger partial charge in [-0.05, 0) is 18.2 Å². The number of benzene rings is 1. The molecule has 0 atom stereocenters. The van der Waals surface area contributed by atoms with Gasteiger partial charge >= 0.3 is 0 Å². The van der Waals surface area contributed by atoms with Crippen LogP contribution in [0.3, 0.4) is 0 Å². The summed E-state index contributed by atoms with van der Waals surface area (Å²) in [7, 11) is 0. The third kappa shape index (κ3) is 5.66. The summed E-state index contributed by atoms with van der Waals surface area (Å²) >= 11 is 1.51. The van der Waals surface area contributed by atoms with E-state index < -0.39 is 0 Å². The summed E-state index contributed by atoms with van der Waals surface area (Å²) in [5.41, 5.74) is 3.12. The lowest BCUT2D eigenvalue weighted by Crippen LogP contribution is -2.36. The highest BCUT2D eigenvalue weighted by atomic mass is 32.1. The molecule has 0 radical (unpaired) electrons. The first-order valence-electron chi connectivity index (χ1n) is 7.72. The van der Waals surface area contributed by atoms with E-state index in [4.69, 9.17) is 4.74 Å². The molecule has 0 spiro atoms. The van der Waals surface area contributed by atoms with Crippen molar-refractivity contribution >= 4 is 23.2 Å². The fourth-order valence-electron chi connectivity index (χ4n) is 1.86. The molecular formula is C17H21N3O3S. The lowest BCUT2D eigenvalue weighted by Gasteiger charge is -2.10. The molecule has 24 heavy (non-hydrogen) atoms. The van der Waals surface area contributed by atoms with E-state index in [9.17, 15) is 9.59 Å². The third-order valence-corrected chi connectivity index (χ3v) is 3.84. The summed E-state index contributed by atoms with van der Waals surface area (Å²) in [6.45, 7) is 4.80. The zero-order chi connectivity index (χ0) is 17.4. The fourth-order valence-corrected chi connectivity index (χ4v) is 2.40. The third-order valence-electron chi connectivity index (χ3n) is 3.20. The van der Waals surface area contributed by atoms with E-state index in [-0.39, 0.29) is 17.7 Å². The molecule has 6 nitrogen and oxygen atoms in total. The molecular weight excluding hydrogens is 326 g/mol. The van der Waals surface area contributed by atoms with Gasteiger partial charge in [0.15, 0.2) is 0 Å². The van der Waals surface area contributed by atoms with Crippen LogP contribution in [0.25, 0.3) is 0 Å². The first-order valence-corrected chi connectivity index (χ1v) is 8.66. The van der Waals surface area contributed by atoms with Gasteiger partial charge in [-0.1, -0.05) is 19.9 Å². The number of nitrogens with zero attached hydrogens (tertiary/aromatic N) is 1. The van der Waals surface area contributed by atoms with Gasteiger partial charge in [0.25, 0.3) is 5.91 Å². The number of carbonyl (C=O) groups is 2. The Labute approximate surface area is 145 Å². The second-order valence-corrected chi connectivity index (χ2v) is 6.22. The number of hydrogen-bond donors (Lipinski definition) is 2. The van der Waals surface area contributed by atoms with Crippen LogP contribution in [0.1, 0.15) is 29.9 Å². The van der Waals surface area contributed by atoms with Crippen LogP contribution >= 0.6 is 11.3 Å². The zero-order valence-corrected chi connectivity index (χ0v) is 14.6. The average molecular weight is 347 g/mol. The molecule has 1 aromatic carbocycles. The van der Waals surface area contributed by atoms with Gasteiger partial charge in [-0.3, -0.25) is 9.59 Å². The molecule has 1 aromatic heterocycles. The maximum atomic E-state index is 12.1. The van der Waals surface area contributed by atoms with Gasteiger partial charge in [0, 0.05) is 30.0 Å². The van der Waals surface area contributed by atoms with Crippen molar-refractivity contribution in [1.82, 2.24) is 15.6 Å². The topological polar surface area (TPSA) is 80.3 Å². The van der Waals surface area contributed by atoms with E-state index >= 15 is 0 Å². The Balaban J connectivity index is 1.79. The lowest BCUT2D eigenvalue weighted by molar-refractivity contribution is -0.123. The zero-order valence-electron chi connectivity index (χ0n) is 13.7. The van der Waals surface area contributed by atoms with Crippen molar-refractivity contribution < 1.29 is 14.3 Å². The van der Waals surface area contributed by atoms with E-state index in [0.717, 1.165) is 5.69 Å². The van der Waals surface area contributed by atoms with E-state index in [1.807, 2.05) is 19.2 Å². The number of hydrogen-bond acceptors (Lipinski definition) is 5. The van der Waals surface area contributed by atoms with Crippen molar-refractivity contribution in [1.29, 1.82) is 0 Å². The molecule has 1 heterocycles. The number of amides is 2. The SMILES string of the molecule is CC(C)C(=O)NCCNC(=O)c1cccc(OCc2cscn2)c1. The Morgan fingerprint density at radius 1 is 1.25 bits per heavy atom. The van der Waals surface area contributed by atoms with Crippen molar-refractivity contribution in [3.8, 4) is 5.75 Å². The highest BCUT2D eigenvalue weighted by Gasteiger charge is 2.08. The fraction of sp³-hybridized carbons (Fsp3) is 0.353. The smallest absolute Gasteiger partial charge is 0.251 e. The summed E-state index contributed by atoms with van der Waals surface area (Å²) in [5, 5.41) is 7.44. The van der Waals surface area contributed by atoms with Gasteiger partial charge in [-0.25, -0.2) is 4.98 Å². The minimum Gasteiger partial charge on any atom is -0.487 e. The predicted molar refractivity (Wildman–Crippen MR) is 93.1 cm³/mol. The molecule has 0 bridgehead atoms. The van der Waals surface area contributed by atoms with E-state index in [2.05, 4.69) is 15.6 Å². The van der Waals surface area contributed by atoms with E-state index in [1.165, 1.54) is 11.3 Å². The van der Waals surface area contributed by atoms with Gasteiger partial charge in [-0.2, -0.15) is 0 Å². The second-order valence-electron chi connectivity index (χ2n) is 5.50. The minimum atomic E-state index is -0.201. The quantitative estimate of drug-likeness (QED) is 0.718. The van der Waals surface area contributed by atoms with Crippen LogP contribution in [-0.2, 0) is 11.4 Å². The van der Waals surface area contributed by atoms with Crippen molar-refractivity contribution in [2.24, 2.45) is 5.92 Å². The molecule has 0 unspecified atom stereocenters. The van der Waals surface area contributed by atoms with Gasteiger partial charge in [0.1, 0.15) is 12.4 Å². The number of nitrogens with one attached hydrogen (secondary N) is 2. The number of ether oxygens (including phenoxy) is 1. The van der Waals surface area contributed by atoms with Crippen LogP contribution in [0.2, 0.25) is 0 Å². The van der Waals surface area contributed by atoms with Crippen molar-refractivity contribution in [3.63, 3.8) is 0 Å². The van der Waals surface area contributed by atoms with Crippen molar-refractivity contribution in [2.45, 2.75) is 20.5 Å². The highest BCUT2D eigenvalue weighted by molar-refractivity contribution is 7.07. The molecule has 0 saturated heterocycles. The molecule has 7 heteroatoms. The number of rotatable bonds is 8.